The van der Waals surface area contributed by atoms with Crippen LogP contribution >= 0.6 is 0 Å². The van der Waals surface area contributed by atoms with E-state index in [2.05, 4.69) is 59.8 Å². The number of hydrogen-bond acceptors (Lipinski definition) is 1. The molecule has 4 heterocycles. The van der Waals surface area contributed by atoms with Crippen LogP contribution in [0.2, 0.25) is 0 Å². The first-order chi connectivity index (χ1) is 9.75. The monoisotopic (exact) mass is 263 g/mol. The number of hydrogen-bond donors (Lipinski definition) is 0. The van der Waals surface area contributed by atoms with Crippen molar-refractivity contribution in [2.24, 2.45) is 13.0 Å². The van der Waals surface area contributed by atoms with Crippen molar-refractivity contribution >= 4 is 22.2 Å². The average Bonchev–Trinajstić information content (AvgIpc) is 3.04. The highest BCUT2D eigenvalue weighted by atomic mass is 16.5. The Morgan fingerprint density at radius 1 is 1.30 bits per heavy atom. The van der Waals surface area contributed by atoms with Crippen molar-refractivity contribution < 1.29 is 9.30 Å². The van der Waals surface area contributed by atoms with Crippen LogP contribution in [0, 0.1) is 5.92 Å². The highest BCUT2D eigenvalue weighted by molar-refractivity contribution is 5.99. The summed E-state index contributed by atoms with van der Waals surface area (Å²) in [5.41, 5.74) is 6.65. The van der Waals surface area contributed by atoms with Gasteiger partial charge in [0, 0.05) is 23.2 Å². The number of allylic oxidation sites excluding steroid dienone is 2. The van der Waals surface area contributed by atoms with E-state index in [0.29, 0.717) is 5.92 Å². The van der Waals surface area contributed by atoms with Gasteiger partial charge in [-0.3, -0.25) is 0 Å². The third-order valence-electron chi connectivity index (χ3n) is 4.77. The van der Waals surface area contributed by atoms with Crippen LogP contribution < -0.4 is 4.57 Å². The van der Waals surface area contributed by atoms with Gasteiger partial charge in [-0.25, -0.2) is 0 Å². The lowest BCUT2D eigenvalue weighted by Gasteiger charge is -2.29. The molecule has 20 heavy (non-hydrogen) atoms. The van der Waals surface area contributed by atoms with Crippen LogP contribution in [0.25, 0.3) is 22.2 Å². The Morgan fingerprint density at radius 3 is 3.10 bits per heavy atom. The first kappa shape index (κ1) is 10.5. The topological polar surface area (TPSA) is 18.0 Å². The van der Waals surface area contributed by atoms with E-state index in [1.807, 2.05) is 6.26 Å². The Balaban J connectivity index is 2.03. The molecular formula is C17H15N2O+. The molecule has 98 valence electrons. The van der Waals surface area contributed by atoms with Gasteiger partial charge in [0.1, 0.15) is 24.9 Å². The number of rotatable bonds is 0. The number of aromatic nitrogens is 2. The normalized spacial score (nSPS) is 25.8. The Kier molecular flexibility index (Phi) is 1.70. The van der Waals surface area contributed by atoms with Gasteiger partial charge in [0.05, 0.1) is 11.6 Å². The average molecular weight is 263 g/mol. The maximum atomic E-state index is 5.88. The fourth-order valence-electron chi connectivity index (χ4n) is 3.85. The van der Waals surface area contributed by atoms with Gasteiger partial charge < -0.3 is 9.30 Å². The van der Waals surface area contributed by atoms with Gasteiger partial charge in [-0.05, 0) is 24.6 Å². The minimum absolute atomic E-state index is 0.148. The molecule has 2 aromatic rings. The summed E-state index contributed by atoms with van der Waals surface area (Å²) in [5.74, 6) is 0.330. The zero-order chi connectivity index (χ0) is 13.4. The second-order valence-electron chi connectivity index (χ2n) is 5.84. The first-order valence-corrected chi connectivity index (χ1v) is 7.00. The molecule has 3 nitrogen and oxygen atoms in total. The zero-order valence-electron chi connectivity index (χ0n) is 11.5. The van der Waals surface area contributed by atoms with Crippen LogP contribution in [0.4, 0.5) is 0 Å². The van der Waals surface area contributed by atoms with Gasteiger partial charge in [0.25, 0.3) is 0 Å². The summed E-state index contributed by atoms with van der Waals surface area (Å²) in [5, 5.41) is 1.29. The lowest BCUT2D eigenvalue weighted by molar-refractivity contribution is -0.672. The molecular weight excluding hydrogens is 248 g/mol. The van der Waals surface area contributed by atoms with Crippen molar-refractivity contribution in [2.45, 2.75) is 13.0 Å². The third-order valence-corrected chi connectivity index (χ3v) is 4.77. The predicted octanol–water partition coefficient (Wildman–Crippen LogP) is 2.64. The van der Waals surface area contributed by atoms with Crippen molar-refractivity contribution in [3.8, 4) is 0 Å². The Labute approximate surface area is 117 Å². The molecule has 3 heteroatoms. The summed E-state index contributed by atoms with van der Waals surface area (Å²) >= 11 is 0. The van der Waals surface area contributed by atoms with E-state index in [1.54, 1.807) is 0 Å². The first-order valence-electron chi connectivity index (χ1n) is 7.00. The molecule has 0 fully saturated rings. The van der Waals surface area contributed by atoms with Crippen LogP contribution in [0.5, 0.6) is 0 Å². The number of ether oxygens (including phenoxy) is 1. The van der Waals surface area contributed by atoms with Crippen LogP contribution in [-0.4, -0.2) is 10.7 Å². The number of pyridine rings is 1. The molecule has 2 aliphatic heterocycles. The largest absolute Gasteiger partial charge is 0.491 e. The quantitative estimate of drug-likeness (QED) is 0.668. The van der Waals surface area contributed by atoms with E-state index >= 15 is 0 Å². The minimum atomic E-state index is 0.148. The molecule has 3 aliphatic rings. The summed E-state index contributed by atoms with van der Waals surface area (Å²) < 4.78 is 10.4. The fraction of sp³-hybridized carbons (Fsp3) is 0.235. The van der Waals surface area contributed by atoms with Crippen LogP contribution in [0.1, 0.15) is 12.6 Å². The molecule has 0 saturated heterocycles. The molecule has 0 bridgehead atoms. The molecule has 5 rings (SSSR count). The van der Waals surface area contributed by atoms with Crippen LogP contribution in [-0.2, 0) is 11.8 Å². The van der Waals surface area contributed by atoms with E-state index in [9.17, 15) is 0 Å². The molecule has 0 amide bonds. The SMILES string of the molecule is CC1=C2c3c4c(ccn4C4=COC(C=C1)C42)cc[n+]3C. The van der Waals surface area contributed by atoms with Gasteiger partial charge in [0.2, 0.25) is 5.69 Å². The van der Waals surface area contributed by atoms with E-state index in [1.165, 1.54) is 33.4 Å². The zero-order valence-corrected chi connectivity index (χ0v) is 11.5. The molecule has 0 N–H and O–H groups in total. The number of aryl methyl sites for hydroxylation is 1. The Bertz CT molecular complexity index is 866. The highest BCUT2D eigenvalue weighted by Crippen LogP contribution is 2.49. The molecule has 0 saturated carbocycles. The van der Waals surface area contributed by atoms with E-state index in [-0.39, 0.29) is 6.10 Å². The maximum Gasteiger partial charge on any atom is 0.234 e. The molecule has 2 unspecified atom stereocenters. The molecule has 0 aromatic carbocycles. The van der Waals surface area contributed by atoms with Crippen molar-refractivity contribution in [3.05, 3.63) is 54.2 Å². The molecule has 1 aliphatic carbocycles. The Hall–Kier alpha value is -2.29. The standard InChI is InChI=1S/C17H15N2O/c1-10-3-4-13-15-12(9-20-13)19-8-6-11-5-7-18(2)17(14(10)15)16(11)19/h3-9,13,15H,1-2H3/q+1. The lowest BCUT2D eigenvalue weighted by Crippen LogP contribution is -2.38. The van der Waals surface area contributed by atoms with Gasteiger partial charge in [-0.2, -0.15) is 4.57 Å². The summed E-state index contributed by atoms with van der Waals surface area (Å²) in [7, 11) is 2.13. The maximum absolute atomic E-state index is 5.88. The van der Waals surface area contributed by atoms with E-state index in [0.717, 1.165) is 0 Å². The van der Waals surface area contributed by atoms with Crippen molar-refractivity contribution in [3.63, 3.8) is 0 Å². The molecule has 2 aromatic heterocycles. The van der Waals surface area contributed by atoms with Crippen molar-refractivity contribution in [1.29, 1.82) is 0 Å². The van der Waals surface area contributed by atoms with Crippen molar-refractivity contribution in [2.75, 3.05) is 0 Å². The highest BCUT2D eigenvalue weighted by Gasteiger charge is 2.45. The number of nitrogens with zero attached hydrogens (tertiary/aromatic N) is 2. The third kappa shape index (κ3) is 1.02. The van der Waals surface area contributed by atoms with E-state index < -0.39 is 0 Å². The lowest BCUT2D eigenvalue weighted by atomic mass is 9.80. The second-order valence-corrected chi connectivity index (χ2v) is 5.84. The summed E-state index contributed by atoms with van der Waals surface area (Å²) in [6.07, 6.45) is 10.8. The van der Waals surface area contributed by atoms with Gasteiger partial charge >= 0.3 is 0 Å². The molecule has 0 spiro atoms. The van der Waals surface area contributed by atoms with E-state index in [4.69, 9.17) is 4.74 Å². The fourth-order valence-corrected chi connectivity index (χ4v) is 3.85. The van der Waals surface area contributed by atoms with Gasteiger partial charge in [-0.15, -0.1) is 0 Å². The van der Waals surface area contributed by atoms with Gasteiger partial charge in [-0.1, -0.05) is 6.08 Å². The Morgan fingerprint density at radius 2 is 2.20 bits per heavy atom. The molecule has 0 radical (unpaired) electrons. The number of fused-ring (bicyclic) bond motifs is 2. The van der Waals surface area contributed by atoms with Crippen LogP contribution in [0.15, 0.2) is 48.5 Å². The predicted molar refractivity (Wildman–Crippen MR) is 77.5 cm³/mol. The van der Waals surface area contributed by atoms with Crippen molar-refractivity contribution in [1.82, 2.24) is 4.57 Å². The minimum Gasteiger partial charge on any atom is -0.491 e. The summed E-state index contributed by atoms with van der Waals surface area (Å²) in [4.78, 5) is 0. The van der Waals surface area contributed by atoms with Crippen LogP contribution in [0.3, 0.4) is 0 Å². The second kappa shape index (κ2) is 3.23. The van der Waals surface area contributed by atoms with Gasteiger partial charge in [0.15, 0.2) is 6.20 Å². The summed E-state index contributed by atoms with van der Waals surface area (Å²) in [6.45, 7) is 2.20. The summed E-state index contributed by atoms with van der Waals surface area (Å²) in [6, 6.07) is 4.37. The molecule has 2 atom stereocenters. The smallest absolute Gasteiger partial charge is 0.234 e.